The van der Waals surface area contributed by atoms with Crippen LogP contribution in [0.3, 0.4) is 0 Å². The number of nitrogens with zero attached hydrogens (tertiary/aromatic N) is 1. The van der Waals surface area contributed by atoms with Crippen molar-refractivity contribution in [2.24, 2.45) is 4.99 Å². The zero-order valence-electron chi connectivity index (χ0n) is 24.1. The molecular weight excluding hydrogens is 442 g/mol. The summed E-state index contributed by atoms with van der Waals surface area (Å²) in [5.41, 5.74) is 0.778. The molecule has 0 heterocycles. The van der Waals surface area contributed by atoms with Crippen molar-refractivity contribution >= 4 is 6.21 Å². The van der Waals surface area contributed by atoms with Crippen LogP contribution in [0.1, 0.15) is 161 Å². The number of hydrogen-bond donors (Lipinski definition) is 1. The summed E-state index contributed by atoms with van der Waals surface area (Å²) in [5.74, 6) is 1.01. The standard InChI is InChI=1S/C33H59NO2/c1-3-5-7-9-11-13-15-16-17-19-21-23-27-34-30-31-25-26-32(29-33(31)35)36-28-24-22-20-18-14-12-10-8-6-4-2/h25-26,29-30,35H,3-24,27-28H2,1-2H3. The van der Waals surface area contributed by atoms with Gasteiger partial charge in [0.2, 0.25) is 0 Å². The molecule has 0 radical (unpaired) electrons. The average Bonchev–Trinajstić information content (AvgIpc) is 2.88. The lowest BCUT2D eigenvalue weighted by atomic mass is 10.1. The Morgan fingerprint density at radius 1 is 0.611 bits per heavy atom. The van der Waals surface area contributed by atoms with Crippen LogP contribution in [0, 0.1) is 0 Å². The van der Waals surface area contributed by atoms with E-state index < -0.39 is 0 Å². The Morgan fingerprint density at radius 2 is 1.06 bits per heavy atom. The number of benzene rings is 1. The summed E-state index contributed by atoms with van der Waals surface area (Å²) in [7, 11) is 0. The first-order valence-corrected chi connectivity index (χ1v) is 15.7. The van der Waals surface area contributed by atoms with Crippen molar-refractivity contribution in [2.45, 2.75) is 155 Å². The third-order valence-electron chi connectivity index (χ3n) is 7.14. The van der Waals surface area contributed by atoms with Gasteiger partial charge in [-0.25, -0.2) is 0 Å². The van der Waals surface area contributed by atoms with Gasteiger partial charge < -0.3 is 9.84 Å². The van der Waals surface area contributed by atoms with Crippen LogP contribution in [0.2, 0.25) is 0 Å². The summed E-state index contributed by atoms with van der Waals surface area (Å²) in [6.07, 6.45) is 31.4. The summed E-state index contributed by atoms with van der Waals surface area (Å²) in [6, 6.07) is 5.58. The minimum absolute atomic E-state index is 0.258. The fraction of sp³-hybridized carbons (Fsp3) is 0.788. The summed E-state index contributed by atoms with van der Waals surface area (Å²) in [6.45, 7) is 6.12. The number of phenols is 1. The summed E-state index contributed by atoms with van der Waals surface area (Å²) < 4.78 is 5.84. The van der Waals surface area contributed by atoms with E-state index in [1.165, 1.54) is 128 Å². The molecule has 1 N–H and O–H groups in total. The zero-order chi connectivity index (χ0) is 25.9. The molecule has 0 spiro atoms. The molecule has 208 valence electrons. The van der Waals surface area contributed by atoms with Crippen molar-refractivity contribution in [3.8, 4) is 11.5 Å². The molecule has 1 aromatic rings. The second-order valence-corrected chi connectivity index (χ2v) is 10.7. The van der Waals surface area contributed by atoms with Gasteiger partial charge in [0.15, 0.2) is 0 Å². The van der Waals surface area contributed by atoms with E-state index in [-0.39, 0.29) is 5.75 Å². The van der Waals surface area contributed by atoms with Crippen LogP contribution >= 0.6 is 0 Å². The molecule has 0 amide bonds. The van der Waals surface area contributed by atoms with Crippen molar-refractivity contribution in [2.75, 3.05) is 13.2 Å². The van der Waals surface area contributed by atoms with Gasteiger partial charge in [-0.3, -0.25) is 4.99 Å². The van der Waals surface area contributed by atoms with Crippen LogP contribution in [0.4, 0.5) is 0 Å². The van der Waals surface area contributed by atoms with E-state index in [1.54, 1.807) is 12.3 Å². The van der Waals surface area contributed by atoms with Gasteiger partial charge in [-0.05, 0) is 25.0 Å². The lowest BCUT2D eigenvalue weighted by molar-refractivity contribution is 0.302. The van der Waals surface area contributed by atoms with Gasteiger partial charge >= 0.3 is 0 Å². The quantitative estimate of drug-likeness (QED) is 0.101. The van der Waals surface area contributed by atoms with E-state index in [9.17, 15) is 5.11 Å². The predicted octanol–water partition coefficient (Wildman–Crippen LogP) is 10.8. The lowest BCUT2D eigenvalue weighted by Gasteiger charge is -2.08. The van der Waals surface area contributed by atoms with Crippen LogP contribution in [0.25, 0.3) is 0 Å². The maximum Gasteiger partial charge on any atom is 0.128 e. The van der Waals surface area contributed by atoms with Gasteiger partial charge in [-0.1, -0.05) is 142 Å². The van der Waals surface area contributed by atoms with Gasteiger partial charge in [-0.15, -0.1) is 0 Å². The average molecular weight is 502 g/mol. The highest BCUT2D eigenvalue weighted by Gasteiger charge is 2.02. The Kier molecular flexibility index (Phi) is 22.7. The zero-order valence-corrected chi connectivity index (χ0v) is 24.1. The molecule has 0 unspecified atom stereocenters. The molecular formula is C33H59NO2. The van der Waals surface area contributed by atoms with E-state index in [1.807, 2.05) is 12.1 Å². The molecule has 1 aromatic carbocycles. The van der Waals surface area contributed by atoms with Crippen molar-refractivity contribution < 1.29 is 9.84 Å². The van der Waals surface area contributed by atoms with Crippen LogP contribution in [-0.4, -0.2) is 24.5 Å². The fourth-order valence-corrected chi connectivity index (χ4v) is 4.71. The first-order valence-electron chi connectivity index (χ1n) is 15.7. The predicted molar refractivity (Wildman–Crippen MR) is 159 cm³/mol. The van der Waals surface area contributed by atoms with Crippen molar-refractivity contribution in [1.82, 2.24) is 0 Å². The first kappa shape index (κ1) is 32.5. The molecule has 3 nitrogen and oxygen atoms in total. The minimum atomic E-state index is 0.258. The molecule has 0 saturated heterocycles. The summed E-state index contributed by atoms with van der Waals surface area (Å²) in [5, 5.41) is 10.3. The SMILES string of the molecule is CCCCCCCCCCCCCCN=Cc1ccc(OCCCCCCCCCCCC)cc1O. The molecule has 0 aliphatic carbocycles. The maximum atomic E-state index is 10.3. The van der Waals surface area contributed by atoms with E-state index in [4.69, 9.17) is 4.74 Å². The molecule has 0 aliphatic heterocycles. The Hall–Kier alpha value is -1.51. The highest BCUT2D eigenvalue weighted by molar-refractivity contribution is 5.83. The molecule has 0 fully saturated rings. The third kappa shape index (κ3) is 19.7. The number of ether oxygens (including phenoxy) is 1. The number of rotatable bonds is 26. The molecule has 0 atom stereocenters. The first-order chi connectivity index (χ1) is 17.8. The molecule has 0 aromatic heterocycles. The molecule has 0 bridgehead atoms. The largest absolute Gasteiger partial charge is 0.507 e. The van der Waals surface area contributed by atoms with Gasteiger partial charge in [-0.2, -0.15) is 0 Å². The number of unbranched alkanes of at least 4 members (excludes halogenated alkanes) is 20. The van der Waals surface area contributed by atoms with Gasteiger partial charge in [0.05, 0.1) is 6.61 Å². The second-order valence-electron chi connectivity index (χ2n) is 10.7. The Labute approximate surface area is 224 Å². The van der Waals surface area contributed by atoms with E-state index in [2.05, 4.69) is 18.8 Å². The van der Waals surface area contributed by atoms with Crippen molar-refractivity contribution in [1.29, 1.82) is 0 Å². The normalized spacial score (nSPS) is 11.5. The van der Waals surface area contributed by atoms with Crippen LogP contribution in [0.5, 0.6) is 11.5 Å². The third-order valence-corrected chi connectivity index (χ3v) is 7.14. The van der Waals surface area contributed by atoms with Crippen LogP contribution < -0.4 is 4.74 Å². The number of phenolic OH excluding ortho intramolecular Hbond substituents is 1. The highest BCUT2D eigenvalue weighted by Crippen LogP contribution is 2.23. The summed E-state index contributed by atoms with van der Waals surface area (Å²) in [4.78, 5) is 4.52. The smallest absolute Gasteiger partial charge is 0.128 e. The van der Waals surface area contributed by atoms with Crippen LogP contribution in [-0.2, 0) is 0 Å². The maximum absolute atomic E-state index is 10.3. The lowest BCUT2D eigenvalue weighted by Crippen LogP contribution is -1.97. The molecule has 3 heteroatoms. The van der Waals surface area contributed by atoms with E-state index >= 15 is 0 Å². The van der Waals surface area contributed by atoms with Gasteiger partial charge in [0.1, 0.15) is 11.5 Å². The number of hydrogen-bond acceptors (Lipinski definition) is 3. The second kappa shape index (κ2) is 25.2. The summed E-state index contributed by atoms with van der Waals surface area (Å²) >= 11 is 0. The van der Waals surface area contributed by atoms with E-state index in [0.29, 0.717) is 0 Å². The molecule has 1 rings (SSSR count). The van der Waals surface area contributed by atoms with Crippen molar-refractivity contribution in [3.05, 3.63) is 23.8 Å². The number of aromatic hydroxyl groups is 1. The Morgan fingerprint density at radius 3 is 1.53 bits per heavy atom. The van der Waals surface area contributed by atoms with Crippen molar-refractivity contribution in [3.63, 3.8) is 0 Å². The Bertz CT molecular complexity index is 628. The van der Waals surface area contributed by atoms with Gasteiger partial charge in [0, 0.05) is 24.4 Å². The minimum Gasteiger partial charge on any atom is -0.507 e. The molecule has 0 aliphatic rings. The monoisotopic (exact) mass is 501 g/mol. The molecule has 36 heavy (non-hydrogen) atoms. The number of aliphatic imine (C=N–C) groups is 1. The van der Waals surface area contributed by atoms with Crippen LogP contribution in [0.15, 0.2) is 23.2 Å². The topological polar surface area (TPSA) is 41.8 Å². The Balaban J connectivity index is 1.99. The highest BCUT2D eigenvalue weighted by atomic mass is 16.5. The molecule has 0 saturated carbocycles. The van der Waals surface area contributed by atoms with E-state index in [0.717, 1.165) is 37.3 Å². The fourth-order valence-electron chi connectivity index (χ4n) is 4.71. The van der Waals surface area contributed by atoms with Gasteiger partial charge in [0.25, 0.3) is 0 Å².